The Balaban J connectivity index is 1.82. The summed E-state index contributed by atoms with van der Waals surface area (Å²) in [5, 5.41) is 0. The van der Waals surface area contributed by atoms with Crippen LogP contribution in [-0.2, 0) is 4.79 Å². The van der Waals surface area contributed by atoms with E-state index in [1.165, 1.54) is 0 Å². The van der Waals surface area contributed by atoms with Crippen molar-refractivity contribution in [2.24, 2.45) is 0 Å². The molecule has 1 aromatic carbocycles. The van der Waals surface area contributed by atoms with Crippen molar-refractivity contribution < 1.29 is 14.3 Å². The van der Waals surface area contributed by atoms with Crippen LogP contribution >= 0.6 is 0 Å². The van der Waals surface area contributed by atoms with Gasteiger partial charge in [0.05, 0.1) is 23.1 Å². The lowest BCUT2D eigenvalue weighted by Gasteiger charge is -2.26. The number of amides is 1. The molecular weight excluding hydrogens is 332 g/mol. The van der Waals surface area contributed by atoms with E-state index >= 15 is 0 Å². The molecule has 3 aromatic rings. The second-order valence-corrected chi connectivity index (χ2v) is 6.19. The highest BCUT2D eigenvalue weighted by atomic mass is 16.5. The molecule has 0 fully saturated rings. The Morgan fingerprint density at radius 2 is 2.19 bits per heavy atom. The van der Waals surface area contributed by atoms with Crippen LogP contribution in [0.4, 0.5) is 5.69 Å². The number of fused-ring (bicyclic) bond motifs is 2. The van der Waals surface area contributed by atoms with Gasteiger partial charge in [-0.15, -0.1) is 0 Å². The van der Waals surface area contributed by atoms with Crippen LogP contribution in [0, 0.1) is 0 Å². The lowest BCUT2D eigenvalue weighted by atomic mass is 10.1. The van der Waals surface area contributed by atoms with E-state index in [-0.39, 0.29) is 18.3 Å². The summed E-state index contributed by atoms with van der Waals surface area (Å²) < 4.78 is 5.45. The fourth-order valence-corrected chi connectivity index (χ4v) is 2.87. The molecule has 26 heavy (non-hydrogen) atoms. The number of ether oxygens (including phenoxy) is 1. The SMILES string of the molecule is C=C(C)C(=O)c1c[nH]c2ncc(-c3ccc4c(c3)N(C)C(=O)CO4)nc12. The summed E-state index contributed by atoms with van der Waals surface area (Å²) in [6.45, 7) is 5.39. The molecule has 0 aliphatic carbocycles. The van der Waals surface area contributed by atoms with Crippen LogP contribution in [0.5, 0.6) is 5.75 Å². The van der Waals surface area contributed by atoms with Gasteiger partial charge in [-0.25, -0.2) is 9.97 Å². The topological polar surface area (TPSA) is 88.2 Å². The molecular formula is C19H16N4O3. The minimum atomic E-state index is -0.174. The molecule has 0 unspecified atom stereocenters. The molecule has 7 heteroatoms. The number of benzene rings is 1. The molecule has 0 saturated carbocycles. The fraction of sp³-hybridized carbons (Fsp3) is 0.158. The Bertz CT molecular complexity index is 1080. The minimum Gasteiger partial charge on any atom is -0.482 e. The predicted octanol–water partition coefficient (Wildman–Crippen LogP) is 2.74. The molecule has 4 rings (SSSR count). The van der Waals surface area contributed by atoms with Crippen molar-refractivity contribution in [3.63, 3.8) is 0 Å². The average Bonchev–Trinajstić information content (AvgIpc) is 3.07. The van der Waals surface area contributed by atoms with Gasteiger partial charge in [0, 0.05) is 18.8 Å². The Kier molecular flexibility index (Phi) is 3.57. The van der Waals surface area contributed by atoms with Crippen molar-refractivity contribution in [2.45, 2.75) is 6.92 Å². The molecule has 0 atom stereocenters. The molecule has 1 aliphatic heterocycles. The first-order valence-electron chi connectivity index (χ1n) is 8.04. The van der Waals surface area contributed by atoms with Crippen molar-refractivity contribution in [1.82, 2.24) is 15.0 Å². The monoisotopic (exact) mass is 348 g/mol. The molecule has 0 saturated heterocycles. The zero-order valence-corrected chi connectivity index (χ0v) is 14.4. The number of carbonyl (C=O) groups excluding carboxylic acids is 2. The van der Waals surface area contributed by atoms with Crippen molar-refractivity contribution in [2.75, 3.05) is 18.6 Å². The van der Waals surface area contributed by atoms with E-state index in [0.29, 0.717) is 39.4 Å². The Morgan fingerprint density at radius 1 is 1.38 bits per heavy atom. The van der Waals surface area contributed by atoms with Gasteiger partial charge in [0.25, 0.3) is 5.91 Å². The van der Waals surface area contributed by atoms with Crippen LogP contribution < -0.4 is 9.64 Å². The van der Waals surface area contributed by atoms with Gasteiger partial charge < -0.3 is 14.6 Å². The molecule has 1 amide bonds. The molecule has 3 heterocycles. The Labute approximate surface area is 149 Å². The maximum atomic E-state index is 12.3. The Hall–Kier alpha value is -3.48. The zero-order chi connectivity index (χ0) is 18.4. The maximum absolute atomic E-state index is 12.3. The van der Waals surface area contributed by atoms with Crippen molar-refractivity contribution in [1.29, 1.82) is 0 Å². The number of nitrogens with one attached hydrogen (secondary N) is 1. The van der Waals surface area contributed by atoms with Gasteiger partial charge in [0.1, 0.15) is 11.3 Å². The van der Waals surface area contributed by atoms with Crippen molar-refractivity contribution in [3.8, 4) is 17.0 Å². The number of allylic oxidation sites excluding steroid dienone is 1. The van der Waals surface area contributed by atoms with Crippen LogP contribution in [0.2, 0.25) is 0 Å². The van der Waals surface area contributed by atoms with Gasteiger partial charge in [-0.1, -0.05) is 6.58 Å². The van der Waals surface area contributed by atoms with E-state index in [9.17, 15) is 9.59 Å². The lowest BCUT2D eigenvalue weighted by molar-refractivity contribution is -0.120. The molecule has 0 bridgehead atoms. The quantitative estimate of drug-likeness (QED) is 0.581. The summed E-state index contributed by atoms with van der Waals surface area (Å²) in [6.07, 6.45) is 3.22. The maximum Gasteiger partial charge on any atom is 0.264 e. The summed E-state index contributed by atoms with van der Waals surface area (Å²) in [7, 11) is 1.71. The first-order valence-corrected chi connectivity index (χ1v) is 8.04. The fourth-order valence-electron chi connectivity index (χ4n) is 2.87. The van der Waals surface area contributed by atoms with Gasteiger partial charge in [0.2, 0.25) is 0 Å². The van der Waals surface area contributed by atoms with Crippen molar-refractivity contribution in [3.05, 3.63) is 48.3 Å². The number of hydrogen-bond acceptors (Lipinski definition) is 5. The van der Waals surface area contributed by atoms with Crippen LogP contribution in [0.25, 0.3) is 22.4 Å². The summed E-state index contributed by atoms with van der Waals surface area (Å²) in [6, 6.07) is 5.48. The Morgan fingerprint density at radius 3 is 2.96 bits per heavy atom. The van der Waals surface area contributed by atoms with E-state index in [2.05, 4.69) is 21.5 Å². The van der Waals surface area contributed by atoms with E-state index in [0.717, 1.165) is 5.56 Å². The molecule has 1 aliphatic rings. The molecule has 1 N–H and O–H groups in total. The third-order valence-electron chi connectivity index (χ3n) is 4.35. The second-order valence-electron chi connectivity index (χ2n) is 6.19. The number of carbonyl (C=O) groups is 2. The van der Waals surface area contributed by atoms with Crippen LogP contribution in [0.1, 0.15) is 17.3 Å². The summed E-state index contributed by atoms with van der Waals surface area (Å²) in [5.41, 5.74) is 3.95. The number of hydrogen-bond donors (Lipinski definition) is 1. The number of rotatable bonds is 3. The van der Waals surface area contributed by atoms with Gasteiger partial charge in [-0.2, -0.15) is 0 Å². The first kappa shape index (κ1) is 16.0. The highest BCUT2D eigenvalue weighted by Crippen LogP contribution is 2.35. The molecule has 0 radical (unpaired) electrons. The predicted molar refractivity (Wildman–Crippen MR) is 97.4 cm³/mol. The highest BCUT2D eigenvalue weighted by molar-refractivity contribution is 6.14. The third-order valence-corrected chi connectivity index (χ3v) is 4.35. The van der Waals surface area contributed by atoms with Gasteiger partial charge >= 0.3 is 0 Å². The number of Topliss-reactive ketones (excluding diaryl/α,β-unsaturated/α-hetero) is 1. The standard InChI is InChI=1S/C19H16N4O3/c1-10(2)18(25)12-7-20-19-17(12)22-13(8-21-19)11-4-5-15-14(6-11)23(3)16(24)9-26-15/h4-8H,1,9H2,2-3H3,(H,20,21). The van der Waals surface area contributed by atoms with E-state index in [1.807, 2.05) is 12.1 Å². The largest absolute Gasteiger partial charge is 0.482 e. The van der Waals surface area contributed by atoms with E-state index < -0.39 is 0 Å². The number of ketones is 1. The van der Waals surface area contributed by atoms with E-state index in [4.69, 9.17) is 4.74 Å². The van der Waals surface area contributed by atoms with Crippen LogP contribution in [0.3, 0.4) is 0 Å². The molecule has 0 spiro atoms. The molecule has 7 nitrogen and oxygen atoms in total. The van der Waals surface area contributed by atoms with Gasteiger partial charge in [-0.05, 0) is 30.7 Å². The highest BCUT2D eigenvalue weighted by Gasteiger charge is 2.23. The first-order chi connectivity index (χ1) is 12.5. The number of likely N-dealkylation sites (N-methyl/N-ethyl adjacent to an activating group) is 1. The third kappa shape index (κ3) is 2.45. The zero-order valence-electron chi connectivity index (χ0n) is 14.4. The summed E-state index contributed by atoms with van der Waals surface area (Å²) in [4.78, 5) is 37.6. The van der Waals surface area contributed by atoms with Crippen LogP contribution in [0.15, 0.2) is 42.7 Å². The molecule has 130 valence electrons. The summed E-state index contributed by atoms with van der Waals surface area (Å²) in [5.74, 6) is 0.354. The summed E-state index contributed by atoms with van der Waals surface area (Å²) >= 11 is 0. The van der Waals surface area contributed by atoms with Gasteiger partial charge in [0.15, 0.2) is 18.0 Å². The number of nitrogens with zero attached hydrogens (tertiary/aromatic N) is 3. The number of aromatic nitrogens is 3. The van der Waals surface area contributed by atoms with Gasteiger partial charge in [-0.3, -0.25) is 9.59 Å². The average molecular weight is 348 g/mol. The smallest absolute Gasteiger partial charge is 0.264 e. The lowest BCUT2D eigenvalue weighted by Crippen LogP contribution is -2.35. The number of anilines is 1. The van der Waals surface area contributed by atoms with Crippen molar-refractivity contribution >= 4 is 28.5 Å². The van der Waals surface area contributed by atoms with E-state index in [1.54, 1.807) is 37.3 Å². The minimum absolute atomic E-state index is 0.0321. The van der Waals surface area contributed by atoms with Crippen LogP contribution in [-0.4, -0.2) is 40.3 Å². The number of aromatic amines is 1. The molecule has 2 aromatic heterocycles. The number of H-pyrrole nitrogens is 1. The normalized spacial score (nSPS) is 13.5. The second kappa shape index (κ2) is 5.80.